The first-order valence-electron chi connectivity index (χ1n) is 7.72. The van der Waals surface area contributed by atoms with Gasteiger partial charge in [0.1, 0.15) is 17.1 Å². The van der Waals surface area contributed by atoms with Gasteiger partial charge in [-0.15, -0.1) is 0 Å². The molecular weight excluding hydrogens is 346 g/mol. The molecule has 0 fully saturated rings. The zero-order valence-electron chi connectivity index (χ0n) is 14.6. The number of nitrogens with one attached hydrogen (secondary N) is 1. The maximum absolute atomic E-state index is 12.2. The Labute approximate surface area is 150 Å². The maximum atomic E-state index is 12.2. The van der Waals surface area contributed by atoms with E-state index in [9.17, 15) is 9.59 Å². The predicted molar refractivity (Wildman–Crippen MR) is 94.2 cm³/mol. The Morgan fingerprint density at radius 3 is 2.52 bits per heavy atom. The van der Waals surface area contributed by atoms with Gasteiger partial charge in [0.25, 0.3) is 5.91 Å². The zero-order chi connectivity index (χ0) is 18.6. The fourth-order valence-electron chi connectivity index (χ4n) is 2.25. The van der Waals surface area contributed by atoms with Gasteiger partial charge in [0.2, 0.25) is 0 Å². The predicted octanol–water partition coefficient (Wildman–Crippen LogP) is 2.88. The van der Waals surface area contributed by atoms with Crippen LogP contribution in [0.4, 0.5) is 5.82 Å². The fourth-order valence-corrected chi connectivity index (χ4v) is 2.36. The molecule has 134 valence electrons. The second-order valence-electron chi connectivity index (χ2n) is 5.46. The quantitative estimate of drug-likeness (QED) is 0.796. The molecule has 1 heterocycles. The van der Waals surface area contributed by atoms with Gasteiger partial charge in [0.15, 0.2) is 6.61 Å². The van der Waals surface area contributed by atoms with Crippen LogP contribution in [0.2, 0.25) is 5.02 Å². The molecule has 7 nitrogen and oxygen atoms in total. The molecule has 1 amide bonds. The molecule has 1 aromatic carbocycles. The fraction of sp³-hybridized carbons (Fsp3) is 0.353. The van der Waals surface area contributed by atoms with Crippen molar-refractivity contribution < 1.29 is 19.1 Å². The second kappa shape index (κ2) is 8.02. The lowest BCUT2D eigenvalue weighted by molar-refractivity contribution is -0.118. The standard InChI is InChI=1S/C17H20ClN3O4/c1-5-24-17(23)13-8-19-21(4)16(13)20-14(22)9-25-12-6-10(2)15(18)11(3)7-12/h6-8H,5,9H2,1-4H3,(H,20,22). The molecule has 8 heteroatoms. The lowest BCUT2D eigenvalue weighted by Gasteiger charge is -2.11. The lowest BCUT2D eigenvalue weighted by atomic mass is 10.1. The largest absolute Gasteiger partial charge is 0.484 e. The summed E-state index contributed by atoms with van der Waals surface area (Å²) in [6, 6.07) is 3.52. The van der Waals surface area contributed by atoms with Crippen molar-refractivity contribution in [3.63, 3.8) is 0 Å². The smallest absolute Gasteiger partial charge is 0.343 e. The Kier molecular flexibility index (Phi) is 6.03. The van der Waals surface area contributed by atoms with E-state index in [4.69, 9.17) is 21.1 Å². The number of anilines is 1. The van der Waals surface area contributed by atoms with Crippen LogP contribution in [0.25, 0.3) is 0 Å². The van der Waals surface area contributed by atoms with Gasteiger partial charge in [-0.05, 0) is 44.0 Å². The lowest BCUT2D eigenvalue weighted by Crippen LogP contribution is -2.23. The number of esters is 1. The van der Waals surface area contributed by atoms with Crippen LogP contribution in [-0.4, -0.2) is 34.9 Å². The molecule has 0 aliphatic rings. The number of benzene rings is 1. The molecular formula is C17H20ClN3O4. The zero-order valence-corrected chi connectivity index (χ0v) is 15.3. The molecule has 2 aromatic rings. The third-order valence-electron chi connectivity index (χ3n) is 3.47. The number of carbonyl (C=O) groups is 2. The van der Waals surface area contributed by atoms with E-state index in [0.717, 1.165) is 11.1 Å². The SMILES string of the molecule is CCOC(=O)c1cnn(C)c1NC(=O)COc1cc(C)c(Cl)c(C)c1. The van der Waals surface area contributed by atoms with Crippen molar-refractivity contribution in [2.24, 2.45) is 7.05 Å². The van der Waals surface area contributed by atoms with Gasteiger partial charge in [0, 0.05) is 12.1 Å². The Balaban J connectivity index is 2.04. The summed E-state index contributed by atoms with van der Waals surface area (Å²) >= 11 is 6.11. The van der Waals surface area contributed by atoms with E-state index >= 15 is 0 Å². The van der Waals surface area contributed by atoms with Gasteiger partial charge in [0.05, 0.1) is 12.8 Å². The summed E-state index contributed by atoms with van der Waals surface area (Å²) in [4.78, 5) is 24.0. The number of hydrogen-bond donors (Lipinski definition) is 1. The van der Waals surface area contributed by atoms with Gasteiger partial charge < -0.3 is 14.8 Å². The molecule has 0 saturated carbocycles. The van der Waals surface area contributed by atoms with Crippen LogP contribution < -0.4 is 10.1 Å². The third-order valence-corrected chi connectivity index (χ3v) is 4.07. The van der Waals surface area contributed by atoms with E-state index in [1.165, 1.54) is 10.9 Å². The van der Waals surface area contributed by atoms with Gasteiger partial charge >= 0.3 is 5.97 Å². The van der Waals surface area contributed by atoms with Crippen LogP contribution in [-0.2, 0) is 16.6 Å². The highest BCUT2D eigenvalue weighted by Gasteiger charge is 2.19. The van der Waals surface area contributed by atoms with E-state index in [2.05, 4.69) is 10.4 Å². The third kappa shape index (κ3) is 4.51. The first-order valence-corrected chi connectivity index (χ1v) is 8.09. The number of aryl methyl sites for hydroxylation is 3. The molecule has 0 aliphatic heterocycles. The normalized spacial score (nSPS) is 10.4. The van der Waals surface area contributed by atoms with E-state index in [0.29, 0.717) is 10.8 Å². The highest BCUT2D eigenvalue weighted by Crippen LogP contribution is 2.25. The van der Waals surface area contributed by atoms with Crippen molar-refractivity contribution in [2.75, 3.05) is 18.5 Å². The summed E-state index contributed by atoms with van der Waals surface area (Å²) < 4.78 is 11.8. The average Bonchev–Trinajstić information content (AvgIpc) is 2.91. The summed E-state index contributed by atoms with van der Waals surface area (Å²) in [5.74, 6) is -0.157. The first kappa shape index (κ1) is 18.8. The van der Waals surface area contributed by atoms with E-state index in [1.807, 2.05) is 13.8 Å². The van der Waals surface area contributed by atoms with Crippen LogP contribution in [0.1, 0.15) is 28.4 Å². The summed E-state index contributed by atoms with van der Waals surface area (Å²) in [5.41, 5.74) is 1.93. The Morgan fingerprint density at radius 1 is 1.28 bits per heavy atom. The molecule has 1 N–H and O–H groups in total. The van der Waals surface area contributed by atoms with E-state index in [-0.39, 0.29) is 24.6 Å². The van der Waals surface area contributed by atoms with Crippen molar-refractivity contribution in [1.29, 1.82) is 0 Å². The van der Waals surface area contributed by atoms with Crippen LogP contribution >= 0.6 is 11.6 Å². The minimum Gasteiger partial charge on any atom is -0.484 e. The average molecular weight is 366 g/mol. The maximum Gasteiger partial charge on any atom is 0.343 e. The summed E-state index contributed by atoms with van der Waals surface area (Å²) in [7, 11) is 1.62. The molecule has 25 heavy (non-hydrogen) atoms. The molecule has 0 radical (unpaired) electrons. The van der Waals surface area contributed by atoms with Crippen LogP contribution in [0.3, 0.4) is 0 Å². The second-order valence-corrected chi connectivity index (χ2v) is 5.84. The number of carbonyl (C=O) groups excluding carboxylic acids is 2. The molecule has 2 rings (SSSR count). The minimum absolute atomic E-state index is 0.191. The number of hydrogen-bond acceptors (Lipinski definition) is 5. The van der Waals surface area contributed by atoms with Gasteiger partial charge in [-0.1, -0.05) is 11.6 Å². The monoisotopic (exact) mass is 365 g/mol. The Morgan fingerprint density at radius 2 is 1.92 bits per heavy atom. The van der Waals surface area contributed by atoms with E-state index < -0.39 is 11.9 Å². The highest BCUT2D eigenvalue weighted by molar-refractivity contribution is 6.32. The molecule has 0 saturated heterocycles. The highest BCUT2D eigenvalue weighted by atomic mass is 35.5. The van der Waals surface area contributed by atoms with Crippen LogP contribution in [0.5, 0.6) is 5.75 Å². The minimum atomic E-state index is -0.546. The number of nitrogens with zero attached hydrogens (tertiary/aromatic N) is 2. The van der Waals surface area contributed by atoms with Crippen molar-refractivity contribution in [1.82, 2.24) is 9.78 Å². The van der Waals surface area contributed by atoms with Gasteiger partial charge in [-0.25, -0.2) is 4.79 Å². The number of aromatic nitrogens is 2. The molecule has 0 unspecified atom stereocenters. The van der Waals surface area contributed by atoms with Gasteiger partial charge in [-0.2, -0.15) is 5.10 Å². The van der Waals surface area contributed by atoms with Crippen molar-refractivity contribution in [3.8, 4) is 5.75 Å². The van der Waals surface area contributed by atoms with Crippen LogP contribution in [0, 0.1) is 13.8 Å². The summed E-state index contributed by atoms with van der Waals surface area (Å²) in [6.07, 6.45) is 1.35. The number of amides is 1. The Bertz CT molecular complexity index is 778. The molecule has 0 bridgehead atoms. The molecule has 1 aromatic heterocycles. The summed E-state index contributed by atoms with van der Waals surface area (Å²) in [6.45, 7) is 5.46. The van der Waals surface area contributed by atoms with Crippen LogP contribution in [0.15, 0.2) is 18.3 Å². The number of ether oxygens (including phenoxy) is 2. The van der Waals surface area contributed by atoms with Gasteiger partial charge in [-0.3, -0.25) is 9.48 Å². The number of halogens is 1. The van der Waals surface area contributed by atoms with Crippen molar-refractivity contribution in [2.45, 2.75) is 20.8 Å². The number of rotatable bonds is 6. The van der Waals surface area contributed by atoms with E-state index in [1.54, 1.807) is 26.1 Å². The summed E-state index contributed by atoms with van der Waals surface area (Å²) in [5, 5.41) is 7.26. The topological polar surface area (TPSA) is 82.5 Å². The molecule has 0 aliphatic carbocycles. The molecule has 0 spiro atoms. The van der Waals surface area contributed by atoms with Crippen molar-refractivity contribution >= 4 is 29.3 Å². The Hall–Kier alpha value is -2.54. The van der Waals surface area contributed by atoms with Crippen molar-refractivity contribution in [3.05, 3.63) is 40.0 Å². The first-order chi connectivity index (χ1) is 11.8. The molecule has 0 atom stereocenters.